The minimum Gasteiger partial charge on any atom is -0.398 e. The van der Waals surface area contributed by atoms with Crippen LogP contribution < -0.4 is 5.73 Å². The van der Waals surface area contributed by atoms with E-state index in [1.165, 1.54) is 6.07 Å². The average molecular weight is 334 g/mol. The monoisotopic (exact) mass is 333 g/mol. The van der Waals surface area contributed by atoms with Crippen LogP contribution in [-0.4, -0.2) is 9.38 Å². The second-order valence-electron chi connectivity index (χ2n) is 4.63. The molecule has 0 radical (unpaired) electrons. The van der Waals surface area contributed by atoms with Gasteiger partial charge in [0, 0.05) is 18.3 Å². The van der Waals surface area contributed by atoms with Gasteiger partial charge < -0.3 is 10.1 Å². The molecule has 1 aromatic carbocycles. The van der Waals surface area contributed by atoms with Crippen LogP contribution in [0.3, 0.4) is 0 Å². The molecule has 2 N–H and O–H groups in total. The molecule has 102 valence electrons. The summed E-state index contributed by atoms with van der Waals surface area (Å²) in [6.45, 7) is 0. The van der Waals surface area contributed by atoms with Crippen LogP contribution in [0, 0.1) is 5.82 Å². The Hall–Kier alpha value is -1.88. The first-order valence-electron chi connectivity index (χ1n) is 6.30. The number of hydrogen-bond acceptors (Lipinski definition) is 2. The predicted octanol–water partition coefficient (Wildman–Crippen LogP) is 3.60. The second kappa shape index (κ2) is 5.25. The number of aromatic nitrogens is 2. The lowest BCUT2D eigenvalue weighted by Crippen LogP contribution is -2.00. The van der Waals surface area contributed by atoms with E-state index in [2.05, 4.69) is 20.9 Å². The van der Waals surface area contributed by atoms with Gasteiger partial charge in [0.25, 0.3) is 0 Å². The summed E-state index contributed by atoms with van der Waals surface area (Å²) < 4.78 is 16.3. The molecule has 0 spiro atoms. The summed E-state index contributed by atoms with van der Waals surface area (Å²) in [5.41, 5.74) is 8.14. The number of halogens is 2. The van der Waals surface area contributed by atoms with Gasteiger partial charge >= 0.3 is 0 Å². The molecule has 3 aromatic rings. The number of fused-ring (bicyclic) bond motifs is 1. The molecule has 0 amide bonds. The molecule has 5 heteroatoms. The van der Waals surface area contributed by atoms with E-state index in [4.69, 9.17) is 5.73 Å². The molecule has 0 saturated heterocycles. The van der Waals surface area contributed by atoms with Crippen LogP contribution in [0.15, 0.2) is 47.2 Å². The average Bonchev–Trinajstić information content (AvgIpc) is 2.74. The molecular formula is C15H13BrFN3. The number of nitrogen functional groups attached to an aromatic ring is 1. The van der Waals surface area contributed by atoms with Crippen molar-refractivity contribution in [3.05, 3.63) is 64.4 Å². The van der Waals surface area contributed by atoms with Crippen LogP contribution in [0.2, 0.25) is 0 Å². The summed E-state index contributed by atoms with van der Waals surface area (Å²) in [6.07, 6.45) is 3.09. The maximum atomic E-state index is 13.6. The van der Waals surface area contributed by atoms with Crippen molar-refractivity contribution in [2.24, 2.45) is 0 Å². The maximum absolute atomic E-state index is 13.6. The van der Waals surface area contributed by atoms with Crippen LogP contribution >= 0.6 is 15.9 Å². The number of nitrogens with zero attached hydrogens (tertiary/aromatic N) is 2. The van der Waals surface area contributed by atoms with E-state index in [-0.39, 0.29) is 5.82 Å². The number of aryl methyl sites for hydroxylation is 2. The fourth-order valence-corrected chi connectivity index (χ4v) is 2.78. The van der Waals surface area contributed by atoms with E-state index in [9.17, 15) is 4.39 Å². The molecule has 2 heterocycles. The van der Waals surface area contributed by atoms with Gasteiger partial charge in [-0.05, 0) is 46.1 Å². The van der Waals surface area contributed by atoms with E-state index in [0.29, 0.717) is 24.1 Å². The van der Waals surface area contributed by atoms with Crippen molar-refractivity contribution in [3.8, 4) is 0 Å². The summed E-state index contributed by atoms with van der Waals surface area (Å²) in [4.78, 5) is 4.48. The van der Waals surface area contributed by atoms with Gasteiger partial charge in [-0.15, -0.1) is 0 Å². The first-order chi connectivity index (χ1) is 9.65. The lowest BCUT2D eigenvalue weighted by molar-refractivity contribution is 0.607. The summed E-state index contributed by atoms with van der Waals surface area (Å²) >= 11 is 3.44. The van der Waals surface area contributed by atoms with E-state index >= 15 is 0 Å². The first-order valence-corrected chi connectivity index (χ1v) is 7.10. The summed E-state index contributed by atoms with van der Waals surface area (Å²) in [5.74, 6) is 0.689. The standard InChI is InChI=1S/C15H13BrFN3/c16-15-13-7-6-11(18)9-20(13)14(19-15)8-5-10-3-1-2-4-12(10)17/h1-4,6-7,9H,5,8,18H2. The zero-order chi connectivity index (χ0) is 14.1. The second-order valence-corrected chi connectivity index (χ2v) is 5.38. The van der Waals surface area contributed by atoms with E-state index < -0.39 is 0 Å². The number of nitrogens with two attached hydrogens (primary N) is 1. The largest absolute Gasteiger partial charge is 0.398 e. The molecule has 3 rings (SSSR count). The Kier molecular flexibility index (Phi) is 3.44. The van der Waals surface area contributed by atoms with E-state index in [1.54, 1.807) is 12.1 Å². The molecule has 0 bridgehead atoms. The van der Waals surface area contributed by atoms with E-state index in [1.807, 2.05) is 28.8 Å². The van der Waals surface area contributed by atoms with E-state index in [0.717, 1.165) is 15.9 Å². The molecule has 0 aliphatic rings. The number of imidazole rings is 1. The first kappa shape index (κ1) is 13.1. The van der Waals surface area contributed by atoms with Crippen molar-refractivity contribution in [1.29, 1.82) is 0 Å². The highest BCUT2D eigenvalue weighted by Crippen LogP contribution is 2.21. The zero-order valence-electron chi connectivity index (χ0n) is 10.7. The van der Waals surface area contributed by atoms with Gasteiger partial charge in [-0.1, -0.05) is 18.2 Å². The van der Waals surface area contributed by atoms with Crippen molar-refractivity contribution in [3.63, 3.8) is 0 Å². The van der Waals surface area contributed by atoms with Crippen molar-refractivity contribution in [2.75, 3.05) is 5.73 Å². The van der Waals surface area contributed by atoms with Gasteiger partial charge in [0.05, 0.1) is 5.52 Å². The smallest absolute Gasteiger partial charge is 0.132 e. The minimum atomic E-state index is -0.174. The van der Waals surface area contributed by atoms with Gasteiger partial charge in [-0.25, -0.2) is 9.37 Å². The third-order valence-electron chi connectivity index (χ3n) is 3.26. The van der Waals surface area contributed by atoms with Crippen molar-refractivity contribution >= 4 is 27.1 Å². The molecule has 0 aliphatic heterocycles. The lowest BCUT2D eigenvalue weighted by Gasteiger charge is -2.04. The molecule has 0 fully saturated rings. The van der Waals surface area contributed by atoms with Crippen LogP contribution in [0.1, 0.15) is 11.4 Å². The third-order valence-corrected chi connectivity index (χ3v) is 3.85. The number of rotatable bonds is 3. The lowest BCUT2D eigenvalue weighted by atomic mass is 10.1. The van der Waals surface area contributed by atoms with Crippen LogP contribution in [-0.2, 0) is 12.8 Å². The van der Waals surface area contributed by atoms with Gasteiger partial charge in [0.2, 0.25) is 0 Å². The highest BCUT2D eigenvalue weighted by Gasteiger charge is 2.10. The van der Waals surface area contributed by atoms with Crippen LogP contribution in [0.25, 0.3) is 5.52 Å². The summed E-state index contributed by atoms with van der Waals surface area (Å²) in [5, 5.41) is 0. The Bertz CT molecular complexity index is 767. The normalized spacial score (nSPS) is 11.1. The Morgan fingerprint density at radius 3 is 2.75 bits per heavy atom. The Morgan fingerprint density at radius 2 is 1.95 bits per heavy atom. The SMILES string of the molecule is Nc1ccc2c(Br)nc(CCc3ccccc3F)n2c1. The Morgan fingerprint density at radius 1 is 1.15 bits per heavy atom. The minimum absolute atomic E-state index is 0.174. The fourth-order valence-electron chi connectivity index (χ4n) is 2.25. The molecule has 3 nitrogen and oxygen atoms in total. The molecule has 0 atom stereocenters. The number of pyridine rings is 1. The summed E-state index contributed by atoms with van der Waals surface area (Å²) in [7, 11) is 0. The number of anilines is 1. The summed E-state index contributed by atoms with van der Waals surface area (Å²) in [6, 6.07) is 10.6. The third kappa shape index (κ3) is 2.41. The zero-order valence-corrected chi connectivity index (χ0v) is 12.3. The topological polar surface area (TPSA) is 43.3 Å². The van der Waals surface area contributed by atoms with Crippen molar-refractivity contribution in [2.45, 2.75) is 12.8 Å². The van der Waals surface area contributed by atoms with Gasteiger partial charge in [0.15, 0.2) is 0 Å². The molecule has 0 saturated carbocycles. The molecule has 0 aliphatic carbocycles. The molecular weight excluding hydrogens is 321 g/mol. The van der Waals surface area contributed by atoms with Crippen molar-refractivity contribution < 1.29 is 4.39 Å². The quantitative estimate of drug-likeness (QED) is 0.795. The van der Waals surface area contributed by atoms with Gasteiger partial charge in [-0.2, -0.15) is 0 Å². The molecule has 20 heavy (non-hydrogen) atoms. The van der Waals surface area contributed by atoms with Crippen LogP contribution in [0.4, 0.5) is 10.1 Å². The molecule has 0 unspecified atom stereocenters. The number of benzene rings is 1. The molecule has 2 aromatic heterocycles. The predicted molar refractivity (Wildman–Crippen MR) is 81.1 cm³/mol. The Balaban J connectivity index is 1.92. The maximum Gasteiger partial charge on any atom is 0.132 e. The van der Waals surface area contributed by atoms with Crippen molar-refractivity contribution in [1.82, 2.24) is 9.38 Å². The van der Waals surface area contributed by atoms with Crippen LogP contribution in [0.5, 0.6) is 0 Å². The highest BCUT2D eigenvalue weighted by atomic mass is 79.9. The highest BCUT2D eigenvalue weighted by molar-refractivity contribution is 9.10. The van der Waals surface area contributed by atoms with Gasteiger partial charge in [-0.3, -0.25) is 0 Å². The van der Waals surface area contributed by atoms with Gasteiger partial charge in [0.1, 0.15) is 16.2 Å². The fraction of sp³-hybridized carbons (Fsp3) is 0.133. The Labute approximate surface area is 124 Å². The number of hydrogen-bond donors (Lipinski definition) is 1.